The van der Waals surface area contributed by atoms with E-state index in [4.69, 9.17) is 4.74 Å². The van der Waals surface area contributed by atoms with Crippen LogP contribution in [0.1, 0.15) is 12.5 Å². The molecule has 1 aromatic carbocycles. The van der Waals surface area contributed by atoms with Gasteiger partial charge >= 0.3 is 0 Å². The van der Waals surface area contributed by atoms with Crippen molar-refractivity contribution >= 4 is 11.6 Å². The van der Waals surface area contributed by atoms with E-state index in [0.717, 1.165) is 18.0 Å². The van der Waals surface area contributed by atoms with Crippen LogP contribution in [0.2, 0.25) is 0 Å². The summed E-state index contributed by atoms with van der Waals surface area (Å²) >= 11 is 0. The molecule has 0 saturated heterocycles. The number of benzene rings is 1. The van der Waals surface area contributed by atoms with Crippen molar-refractivity contribution < 1.29 is 14.1 Å². The Morgan fingerprint density at radius 1 is 1.26 bits per heavy atom. The van der Waals surface area contributed by atoms with Gasteiger partial charge in [0, 0.05) is 11.6 Å². The van der Waals surface area contributed by atoms with Crippen molar-refractivity contribution in [3.8, 4) is 5.75 Å². The summed E-state index contributed by atoms with van der Waals surface area (Å²) in [6.45, 7) is 2.50. The van der Waals surface area contributed by atoms with E-state index in [1.54, 1.807) is 6.92 Å². The normalized spacial score (nSPS) is 17.3. The molecule has 0 saturated carbocycles. The summed E-state index contributed by atoms with van der Waals surface area (Å²) < 4.78 is 7.55. The summed E-state index contributed by atoms with van der Waals surface area (Å²) in [6.07, 6.45) is 3.42. The maximum absolute atomic E-state index is 11.6. The Hall–Kier alpha value is -2.36. The Labute approximate surface area is 111 Å². The zero-order chi connectivity index (χ0) is 13.2. The first-order valence-electron chi connectivity index (χ1n) is 6.27. The van der Waals surface area contributed by atoms with Crippen LogP contribution in [0, 0.1) is 0 Å². The first-order valence-corrected chi connectivity index (χ1v) is 6.27. The minimum atomic E-state index is -0.433. The Kier molecular flexibility index (Phi) is 2.91. The highest BCUT2D eigenvalue weighted by Gasteiger charge is 2.25. The van der Waals surface area contributed by atoms with Crippen LogP contribution in [-0.2, 0) is 11.3 Å². The van der Waals surface area contributed by atoms with E-state index in [9.17, 15) is 4.79 Å². The van der Waals surface area contributed by atoms with Crippen molar-refractivity contribution in [3.05, 3.63) is 54.4 Å². The predicted octanol–water partition coefficient (Wildman–Crippen LogP) is 1.74. The lowest BCUT2D eigenvalue weighted by Crippen LogP contribution is -2.39. The molecule has 1 aliphatic heterocycles. The Balaban J connectivity index is 1.86. The van der Waals surface area contributed by atoms with Gasteiger partial charge in [-0.1, -0.05) is 30.3 Å². The van der Waals surface area contributed by atoms with E-state index in [-0.39, 0.29) is 5.91 Å². The Bertz CT molecular complexity index is 611. The molecule has 1 N–H and O–H groups in total. The maximum Gasteiger partial charge on any atom is 0.265 e. The third kappa shape index (κ3) is 2.42. The topological polar surface area (TPSA) is 42.2 Å². The number of anilines is 1. The van der Waals surface area contributed by atoms with Crippen molar-refractivity contribution in [1.29, 1.82) is 0 Å². The fraction of sp³-hybridized carbons (Fsp3) is 0.200. The lowest BCUT2D eigenvalue weighted by molar-refractivity contribution is -0.687. The monoisotopic (exact) mass is 255 g/mol. The minimum Gasteiger partial charge on any atom is -0.478 e. The van der Waals surface area contributed by atoms with Gasteiger partial charge in [0.25, 0.3) is 5.91 Å². The van der Waals surface area contributed by atoms with Gasteiger partial charge in [-0.25, -0.2) is 0 Å². The van der Waals surface area contributed by atoms with Crippen LogP contribution in [-0.4, -0.2) is 12.0 Å². The third-order valence-corrected chi connectivity index (χ3v) is 3.12. The van der Waals surface area contributed by atoms with E-state index < -0.39 is 6.10 Å². The molecule has 2 aromatic rings. The van der Waals surface area contributed by atoms with Crippen LogP contribution in [0.4, 0.5) is 5.69 Å². The van der Waals surface area contributed by atoms with Gasteiger partial charge in [-0.15, -0.1) is 0 Å². The van der Waals surface area contributed by atoms with Gasteiger partial charge in [-0.05, 0) is 6.92 Å². The summed E-state index contributed by atoms with van der Waals surface area (Å²) in [6, 6.07) is 12.1. The number of nitrogens with one attached hydrogen (secondary N) is 1. The molecule has 0 aliphatic carbocycles. The molecule has 1 unspecified atom stereocenters. The average molecular weight is 255 g/mol. The quantitative estimate of drug-likeness (QED) is 0.831. The molecule has 2 heterocycles. The van der Waals surface area contributed by atoms with Gasteiger partial charge in [0.15, 0.2) is 30.8 Å². The largest absolute Gasteiger partial charge is 0.478 e. The highest BCUT2D eigenvalue weighted by atomic mass is 16.5. The van der Waals surface area contributed by atoms with Crippen molar-refractivity contribution in [3.63, 3.8) is 0 Å². The molecule has 1 atom stereocenters. The predicted molar refractivity (Wildman–Crippen MR) is 70.9 cm³/mol. The Morgan fingerprint density at radius 2 is 2.05 bits per heavy atom. The van der Waals surface area contributed by atoms with Gasteiger partial charge in [-0.2, -0.15) is 4.57 Å². The van der Waals surface area contributed by atoms with Crippen molar-refractivity contribution in [2.45, 2.75) is 19.6 Å². The molecule has 3 rings (SSSR count). The zero-order valence-corrected chi connectivity index (χ0v) is 10.7. The molecule has 4 nitrogen and oxygen atoms in total. The number of nitrogens with zero attached hydrogens (tertiary/aromatic N) is 1. The molecule has 19 heavy (non-hydrogen) atoms. The second-order valence-electron chi connectivity index (χ2n) is 4.63. The highest BCUT2D eigenvalue weighted by molar-refractivity contribution is 5.97. The second kappa shape index (κ2) is 4.72. The molecule has 0 radical (unpaired) electrons. The van der Waals surface area contributed by atoms with Crippen molar-refractivity contribution in [2.75, 3.05) is 5.32 Å². The summed E-state index contributed by atoms with van der Waals surface area (Å²) in [5.74, 6) is 0.612. The number of carbonyl (C=O) groups is 1. The number of ether oxygens (including phenoxy) is 1. The van der Waals surface area contributed by atoms with E-state index in [2.05, 4.69) is 17.4 Å². The number of hydrogen-bond acceptors (Lipinski definition) is 2. The third-order valence-electron chi connectivity index (χ3n) is 3.12. The molecule has 1 amide bonds. The fourth-order valence-electron chi connectivity index (χ4n) is 2.09. The number of pyridine rings is 1. The van der Waals surface area contributed by atoms with E-state index in [1.807, 2.05) is 41.2 Å². The van der Waals surface area contributed by atoms with Crippen LogP contribution in [0.5, 0.6) is 5.75 Å². The van der Waals surface area contributed by atoms with Gasteiger partial charge in [-0.3, -0.25) is 4.79 Å². The molecule has 0 fully saturated rings. The number of aromatic nitrogens is 1. The number of carbonyl (C=O) groups excluding carboxylic acids is 1. The molecular formula is C15H15N2O2+. The van der Waals surface area contributed by atoms with Crippen molar-refractivity contribution in [2.24, 2.45) is 0 Å². The lowest BCUT2D eigenvalue weighted by Gasteiger charge is -2.21. The maximum atomic E-state index is 11.6. The summed E-state index contributed by atoms with van der Waals surface area (Å²) in [5, 5.41) is 2.85. The number of rotatable bonds is 2. The molecule has 4 heteroatoms. The van der Waals surface area contributed by atoms with Crippen LogP contribution in [0.15, 0.2) is 48.8 Å². The first-order chi connectivity index (χ1) is 9.22. The van der Waals surface area contributed by atoms with E-state index >= 15 is 0 Å². The second-order valence-corrected chi connectivity index (χ2v) is 4.63. The number of amides is 1. The highest BCUT2D eigenvalue weighted by Crippen LogP contribution is 2.27. The molecule has 0 bridgehead atoms. The molecular weight excluding hydrogens is 240 g/mol. The van der Waals surface area contributed by atoms with Gasteiger partial charge < -0.3 is 10.1 Å². The molecule has 1 aromatic heterocycles. The first kappa shape index (κ1) is 11.7. The van der Waals surface area contributed by atoms with Gasteiger partial charge in [0.1, 0.15) is 5.69 Å². The van der Waals surface area contributed by atoms with E-state index in [1.165, 1.54) is 5.56 Å². The zero-order valence-electron chi connectivity index (χ0n) is 10.7. The smallest absolute Gasteiger partial charge is 0.265 e. The summed E-state index contributed by atoms with van der Waals surface area (Å²) in [7, 11) is 0. The number of hydrogen-bond donors (Lipinski definition) is 1. The average Bonchev–Trinajstić information content (AvgIpc) is 2.42. The minimum absolute atomic E-state index is 0.107. The van der Waals surface area contributed by atoms with Crippen LogP contribution in [0.3, 0.4) is 0 Å². The van der Waals surface area contributed by atoms with Crippen molar-refractivity contribution in [1.82, 2.24) is 0 Å². The SMILES string of the molecule is CC1Oc2cc[n+](Cc3ccccc3)cc2NC1=O. The van der Waals surface area contributed by atoms with Crippen LogP contribution >= 0.6 is 0 Å². The Morgan fingerprint density at radius 3 is 2.84 bits per heavy atom. The van der Waals surface area contributed by atoms with Crippen LogP contribution < -0.4 is 14.6 Å². The molecule has 96 valence electrons. The lowest BCUT2D eigenvalue weighted by atomic mass is 10.2. The van der Waals surface area contributed by atoms with E-state index in [0.29, 0.717) is 0 Å². The van der Waals surface area contributed by atoms with Gasteiger partial charge in [0.05, 0.1) is 0 Å². The standard InChI is InChI=1S/C15H14N2O2/c1-11-15(18)16-13-10-17(8-7-14(13)19-11)9-12-5-3-2-4-6-12/h2-8,10-11H,9H2,1H3/p+1. The summed E-state index contributed by atoms with van der Waals surface area (Å²) in [5.41, 5.74) is 1.94. The fourth-order valence-corrected chi connectivity index (χ4v) is 2.09. The van der Waals surface area contributed by atoms with Gasteiger partial charge in [0.2, 0.25) is 0 Å². The number of fused-ring (bicyclic) bond motifs is 1. The molecule has 1 aliphatic rings. The summed E-state index contributed by atoms with van der Waals surface area (Å²) in [4.78, 5) is 11.6. The van der Waals surface area contributed by atoms with Crippen LogP contribution in [0.25, 0.3) is 0 Å². The molecule has 0 spiro atoms.